The minimum atomic E-state index is -4.13. The average Bonchev–Trinajstić information content (AvgIpc) is 3.20. The van der Waals surface area contributed by atoms with E-state index in [1.165, 1.54) is 12.1 Å². The molecule has 0 aliphatic heterocycles. The minimum Gasteiger partial charge on any atom is -0.454 e. The van der Waals surface area contributed by atoms with Crippen LogP contribution in [0.1, 0.15) is 65.4 Å². The molecule has 2 atom stereocenters. The van der Waals surface area contributed by atoms with Crippen LogP contribution in [0.5, 0.6) is 0 Å². The maximum Gasteiger partial charge on any atom is 0.344 e. The number of ether oxygens (including phenoxy) is 2. The molecular weight excluding hydrogens is 844 g/mol. The smallest absolute Gasteiger partial charge is 0.344 e. The molecule has 0 bridgehead atoms. The summed E-state index contributed by atoms with van der Waals surface area (Å²) in [5.74, 6) is -27.9. The van der Waals surface area contributed by atoms with Gasteiger partial charge in [-0.1, -0.05) is 17.7 Å². The van der Waals surface area contributed by atoms with Crippen LogP contribution in [0.25, 0.3) is 0 Å². The average molecular weight is 866 g/mol. The van der Waals surface area contributed by atoms with E-state index in [-0.39, 0.29) is 34.4 Å². The highest BCUT2D eigenvalue weighted by atomic mass is 32.2. The highest BCUT2D eigenvalue weighted by Crippen LogP contribution is 2.29. The lowest BCUT2D eigenvalue weighted by Crippen LogP contribution is -2.27. The molecule has 0 saturated carbocycles. The zero-order chi connectivity index (χ0) is 44.1. The Labute approximate surface area is 323 Å². The van der Waals surface area contributed by atoms with Crippen LogP contribution in [0.4, 0.5) is 49.6 Å². The van der Waals surface area contributed by atoms with Gasteiger partial charge in [0.15, 0.2) is 59.1 Å². The Morgan fingerprint density at radius 1 is 0.678 bits per heavy atom. The van der Waals surface area contributed by atoms with Crippen molar-refractivity contribution in [3.05, 3.63) is 150 Å². The molecular formula is C36H21F10NO11S. The summed E-state index contributed by atoms with van der Waals surface area (Å²) < 4.78 is 172. The van der Waals surface area contributed by atoms with E-state index in [0.29, 0.717) is 12.6 Å². The molecule has 1 aliphatic carbocycles. The van der Waals surface area contributed by atoms with Crippen LogP contribution < -0.4 is 0 Å². The molecule has 0 aromatic heterocycles. The van der Waals surface area contributed by atoms with Gasteiger partial charge in [0.2, 0.25) is 11.6 Å². The van der Waals surface area contributed by atoms with Gasteiger partial charge in [0, 0.05) is 17.2 Å². The van der Waals surface area contributed by atoms with Gasteiger partial charge >= 0.3 is 11.9 Å². The molecule has 5 rings (SSSR count). The van der Waals surface area contributed by atoms with Gasteiger partial charge in [-0.05, 0) is 50.1 Å². The van der Waals surface area contributed by atoms with Crippen LogP contribution >= 0.6 is 0 Å². The number of nitro benzene ring substituents is 1. The topological polar surface area (TPSA) is 173 Å². The molecule has 2 unspecified atom stereocenters. The second kappa shape index (κ2) is 18.4. The van der Waals surface area contributed by atoms with Crippen molar-refractivity contribution in [2.45, 2.75) is 43.5 Å². The van der Waals surface area contributed by atoms with Crippen molar-refractivity contribution >= 4 is 40.3 Å². The zero-order valence-electron chi connectivity index (χ0n) is 29.2. The fourth-order valence-corrected chi connectivity index (χ4v) is 5.89. The Morgan fingerprint density at radius 3 is 1.41 bits per heavy atom. The summed E-state index contributed by atoms with van der Waals surface area (Å²) in [6, 6.07) is 7.86. The molecule has 59 heavy (non-hydrogen) atoms. The van der Waals surface area contributed by atoms with E-state index in [4.69, 9.17) is 4.18 Å². The molecule has 4 aromatic carbocycles. The third-order valence-corrected chi connectivity index (χ3v) is 9.31. The van der Waals surface area contributed by atoms with E-state index < -0.39 is 121 Å². The monoisotopic (exact) mass is 865 g/mol. The van der Waals surface area contributed by atoms with Gasteiger partial charge in [0.25, 0.3) is 15.8 Å². The predicted octanol–water partition coefficient (Wildman–Crippen LogP) is 7.61. The van der Waals surface area contributed by atoms with Gasteiger partial charge in [-0.25, -0.2) is 53.5 Å². The summed E-state index contributed by atoms with van der Waals surface area (Å²) in [5.41, 5.74) is -3.72. The lowest BCUT2D eigenvalue weighted by Gasteiger charge is -2.23. The second-order valence-corrected chi connectivity index (χ2v) is 13.5. The number of carbonyl (C=O) groups excluding carboxylic acids is 4. The maximum absolute atomic E-state index is 13.7. The molecule has 23 heteroatoms. The fraction of sp³-hybridized carbons (Fsp3) is 0.167. The summed E-state index contributed by atoms with van der Waals surface area (Å²) in [4.78, 5) is 56.0. The summed E-state index contributed by atoms with van der Waals surface area (Å²) in [6.45, 7) is 1.14. The zero-order valence-corrected chi connectivity index (χ0v) is 30.0. The third kappa shape index (κ3) is 9.80. The van der Waals surface area contributed by atoms with Gasteiger partial charge in [0.05, 0.1) is 22.0 Å². The summed E-state index contributed by atoms with van der Waals surface area (Å²) in [7, 11) is -4.13. The van der Waals surface area contributed by atoms with Crippen molar-refractivity contribution in [1.29, 1.82) is 0 Å². The van der Waals surface area contributed by atoms with Crippen molar-refractivity contribution < 1.29 is 90.1 Å². The molecule has 312 valence electrons. The van der Waals surface area contributed by atoms with Crippen molar-refractivity contribution in [3.63, 3.8) is 0 Å². The summed E-state index contributed by atoms with van der Waals surface area (Å²) >= 11 is 0. The minimum absolute atomic E-state index is 0.0908. The Kier molecular flexibility index (Phi) is 14.1. The number of nitrogens with zero attached hydrogens (tertiary/aromatic N) is 1. The standard InChI is InChI=1S/C20H8F10O4.C16H13NO7S/c21-9-7(10(22)14(26)17(29)13(9)25)19(31)33-5-1-2-6(4-3-5)34-20(32)8-11(23)15(27)18(30)16(28)12(8)24;1-11-2-4-15(5-3-11)25(22,23)24-10-14-6-12(8-18)13(9-19)7-16(14)17(20)21/h1-2,5-6H,3-4H2;2-9H,10H2,1H3. The molecule has 0 spiro atoms. The SMILES string of the molecule is Cc1ccc(S(=O)(=O)OCc2cc(C=O)c(C=O)cc2[N+](=O)[O-])cc1.O=C(OC1C=CC(OC(=O)c2c(F)c(F)c(F)c(F)c2F)CC1)c1c(F)c(F)c(F)c(F)c1F. The highest BCUT2D eigenvalue weighted by Gasteiger charge is 2.34. The van der Waals surface area contributed by atoms with E-state index >= 15 is 0 Å². The quantitative estimate of drug-likeness (QED) is 0.0167. The number of rotatable bonds is 11. The predicted molar refractivity (Wildman–Crippen MR) is 176 cm³/mol. The van der Waals surface area contributed by atoms with E-state index in [0.717, 1.165) is 29.8 Å². The van der Waals surface area contributed by atoms with Crippen molar-refractivity contribution in [1.82, 2.24) is 0 Å². The van der Waals surface area contributed by atoms with Gasteiger partial charge in [-0.15, -0.1) is 0 Å². The van der Waals surface area contributed by atoms with Crippen LogP contribution in [0.3, 0.4) is 0 Å². The fourth-order valence-electron chi connectivity index (χ4n) is 5.00. The molecule has 0 radical (unpaired) electrons. The van der Waals surface area contributed by atoms with Gasteiger partial charge in [-0.3, -0.25) is 23.9 Å². The van der Waals surface area contributed by atoms with Crippen LogP contribution in [0.2, 0.25) is 0 Å². The molecule has 0 heterocycles. The number of esters is 2. The third-order valence-electron chi connectivity index (χ3n) is 8.03. The second-order valence-electron chi connectivity index (χ2n) is 11.9. The van der Waals surface area contributed by atoms with Gasteiger partial charge < -0.3 is 9.47 Å². The number of nitro groups is 1. The van der Waals surface area contributed by atoms with E-state index in [2.05, 4.69) is 9.47 Å². The molecule has 4 aromatic rings. The van der Waals surface area contributed by atoms with Crippen LogP contribution in [0, 0.1) is 75.2 Å². The number of carbonyl (C=O) groups is 4. The first-order chi connectivity index (χ1) is 27.6. The van der Waals surface area contributed by atoms with E-state index in [1.807, 2.05) is 0 Å². The number of halogens is 10. The number of benzene rings is 4. The van der Waals surface area contributed by atoms with Crippen molar-refractivity contribution in [2.24, 2.45) is 0 Å². The number of hydrogen-bond acceptors (Lipinski definition) is 11. The van der Waals surface area contributed by atoms with Gasteiger partial charge in [0.1, 0.15) is 23.3 Å². The Balaban J connectivity index is 0.000000273. The molecule has 0 amide bonds. The largest absolute Gasteiger partial charge is 0.454 e. The number of aryl methyl sites for hydroxylation is 1. The van der Waals surface area contributed by atoms with Crippen LogP contribution in [-0.4, -0.2) is 50.1 Å². The summed E-state index contributed by atoms with van der Waals surface area (Å²) in [5, 5.41) is 11.1. The first-order valence-electron chi connectivity index (χ1n) is 16.0. The first kappa shape index (κ1) is 45.2. The number of hydrogen-bond donors (Lipinski definition) is 0. The molecule has 0 N–H and O–H groups in total. The molecule has 0 fully saturated rings. The van der Waals surface area contributed by atoms with Crippen molar-refractivity contribution in [2.75, 3.05) is 0 Å². The first-order valence-corrected chi connectivity index (χ1v) is 17.4. The maximum atomic E-state index is 13.7. The van der Waals surface area contributed by atoms with E-state index in [9.17, 15) is 81.6 Å². The van der Waals surface area contributed by atoms with Crippen LogP contribution in [-0.2, 0) is 30.4 Å². The van der Waals surface area contributed by atoms with E-state index in [1.54, 1.807) is 19.1 Å². The summed E-state index contributed by atoms with van der Waals surface area (Å²) in [6.07, 6.45) is -0.637. The Bertz CT molecular complexity index is 2360. The Hall–Kier alpha value is -6.49. The molecule has 0 saturated heterocycles. The van der Waals surface area contributed by atoms with Gasteiger partial charge in [-0.2, -0.15) is 8.42 Å². The van der Waals surface area contributed by atoms with Crippen molar-refractivity contribution in [3.8, 4) is 0 Å². The highest BCUT2D eigenvalue weighted by molar-refractivity contribution is 7.86. The normalized spacial score (nSPS) is 14.8. The van der Waals surface area contributed by atoms with Crippen LogP contribution in [0.15, 0.2) is 53.4 Å². The number of aldehydes is 2. The molecule has 12 nitrogen and oxygen atoms in total. The molecule has 1 aliphatic rings. The lowest BCUT2D eigenvalue weighted by molar-refractivity contribution is -0.385. The Morgan fingerprint density at radius 2 is 1.05 bits per heavy atom. The lowest BCUT2D eigenvalue weighted by atomic mass is 10.0.